The molecule has 0 aromatic carbocycles. The number of carbonyl (C=O) groups excluding carboxylic acids is 1. The summed E-state index contributed by atoms with van der Waals surface area (Å²) in [4.78, 5) is 11.1. The third-order valence-corrected chi connectivity index (χ3v) is 2.66. The van der Waals surface area contributed by atoms with E-state index in [1.54, 1.807) is 0 Å². The molecule has 1 fully saturated rings. The summed E-state index contributed by atoms with van der Waals surface area (Å²) in [6.45, 7) is 3.63. The molecule has 1 rings (SSSR count). The van der Waals surface area contributed by atoms with Crippen LogP contribution in [0.5, 0.6) is 0 Å². The highest BCUT2D eigenvalue weighted by molar-refractivity contribution is 7.80. The largest absolute Gasteiger partial charge is 0.378 e. The molecule has 0 aromatic heterocycles. The molecule has 1 aliphatic rings. The molecule has 1 saturated heterocycles. The van der Waals surface area contributed by atoms with E-state index in [-0.39, 0.29) is 12.0 Å². The van der Waals surface area contributed by atoms with Crippen molar-refractivity contribution in [1.29, 1.82) is 0 Å². The molecule has 0 aromatic rings. The quantitative estimate of drug-likeness (QED) is 0.665. The van der Waals surface area contributed by atoms with Gasteiger partial charge >= 0.3 is 0 Å². The van der Waals surface area contributed by atoms with Crippen LogP contribution in [-0.2, 0) is 9.53 Å². The maximum absolute atomic E-state index is 11.1. The zero-order valence-electron chi connectivity index (χ0n) is 7.95. The van der Waals surface area contributed by atoms with Gasteiger partial charge < -0.3 is 10.1 Å². The minimum absolute atomic E-state index is 0.0918. The molecule has 1 amide bonds. The first-order valence-electron chi connectivity index (χ1n) is 4.73. The lowest BCUT2D eigenvalue weighted by atomic mass is 10.0. The number of nitrogens with one attached hydrogen (secondary N) is 1. The number of thiol groups is 1. The van der Waals surface area contributed by atoms with E-state index < -0.39 is 0 Å². The van der Waals surface area contributed by atoms with E-state index in [2.05, 4.69) is 24.9 Å². The Morgan fingerprint density at radius 1 is 1.69 bits per heavy atom. The Balaban J connectivity index is 2.14. The third kappa shape index (κ3) is 3.56. The second-order valence-corrected chi connectivity index (χ2v) is 3.85. The predicted octanol–water partition coefficient (Wildman–Crippen LogP) is 0.847. The first-order chi connectivity index (χ1) is 6.24. The van der Waals surface area contributed by atoms with Gasteiger partial charge in [0.05, 0.1) is 6.10 Å². The highest BCUT2D eigenvalue weighted by Gasteiger charge is 2.24. The molecule has 13 heavy (non-hydrogen) atoms. The standard InChI is InChI=1S/C9H17NO2S/c1-7-8(2-4-12-7)6-10-9(11)3-5-13/h7-8,13H,2-6H2,1H3,(H,10,11). The lowest BCUT2D eigenvalue weighted by Crippen LogP contribution is -2.31. The van der Waals surface area contributed by atoms with E-state index in [0.29, 0.717) is 18.1 Å². The molecule has 2 unspecified atom stereocenters. The van der Waals surface area contributed by atoms with Crippen molar-refractivity contribution in [3.05, 3.63) is 0 Å². The van der Waals surface area contributed by atoms with E-state index in [1.807, 2.05) is 0 Å². The highest BCUT2D eigenvalue weighted by atomic mass is 32.1. The summed E-state index contributed by atoms with van der Waals surface area (Å²) in [5, 5.41) is 2.89. The van der Waals surface area contributed by atoms with Gasteiger partial charge in [-0.3, -0.25) is 4.79 Å². The second kappa shape index (κ2) is 5.50. The third-order valence-electron chi connectivity index (χ3n) is 2.43. The highest BCUT2D eigenvalue weighted by Crippen LogP contribution is 2.19. The zero-order chi connectivity index (χ0) is 9.68. The summed E-state index contributed by atoms with van der Waals surface area (Å²) in [6.07, 6.45) is 1.85. The van der Waals surface area contributed by atoms with Crippen molar-refractivity contribution in [3.8, 4) is 0 Å². The monoisotopic (exact) mass is 203 g/mol. The van der Waals surface area contributed by atoms with Crippen molar-refractivity contribution in [1.82, 2.24) is 5.32 Å². The van der Waals surface area contributed by atoms with Crippen molar-refractivity contribution in [2.24, 2.45) is 5.92 Å². The molecule has 0 aliphatic carbocycles. The van der Waals surface area contributed by atoms with E-state index >= 15 is 0 Å². The van der Waals surface area contributed by atoms with Crippen LogP contribution in [0.4, 0.5) is 0 Å². The normalized spacial score (nSPS) is 27.5. The summed E-state index contributed by atoms with van der Waals surface area (Å²) in [7, 11) is 0. The summed E-state index contributed by atoms with van der Waals surface area (Å²) in [5.74, 6) is 1.20. The lowest BCUT2D eigenvalue weighted by Gasteiger charge is -2.14. The number of rotatable bonds is 4. The van der Waals surface area contributed by atoms with Gasteiger partial charge in [0, 0.05) is 25.5 Å². The average Bonchev–Trinajstić information content (AvgIpc) is 2.48. The lowest BCUT2D eigenvalue weighted by molar-refractivity contribution is -0.120. The number of carbonyl (C=O) groups is 1. The summed E-state index contributed by atoms with van der Waals surface area (Å²) in [5.41, 5.74) is 0. The number of hydrogen-bond donors (Lipinski definition) is 2. The van der Waals surface area contributed by atoms with Crippen LogP contribution in [0.15, 0.2) is 0 Å². The number of amides is 1. The summed E-state index contributed by atoms with van der Waals surface area (Å²) in [6, 6.07) is 0. The van der Waals surface area contributed by atoms with Crippen LogP contribution >= 0.6 is 12.6 Å². The topological polar surface area (TPSA) is 38.3 Å². The van der Waals surface area contributed by atoms with Crippen molar-refractivity contribution < 1.29 is 9.53 Å². The van der Waals surface area contributed by atoms with Crippen molar-refractivity contribution in [2.45, 2.75) is 25.9 Å². The maximum atomic E-state index is 11.1. The molecule has 0 saturated carbocycles. The SMILES string of the molecule is CC1OCCC1CNC(=O)CCS. The fourth-order valence-corrected chi connectivity index (χ4v) is 1.68. The van der Waals surface area contributed by atoms with Gasteiger partial charge in [-0.2, -0.15) is 12.6 Å². The number of hydrogen-bond acceptors (Lipinski definition) is 3. The Morgan fingerprint density at radius 2 is 2.46 bits per heavy atom. The molecular weight excluding hydrogens is 186 g/mol. The Hall–Kier alpha value is -0.220. The van der Waals surface area contributed by atoms with Crippen LogP contribution in [0.25, 0.3) is 0 Å². The molecule has 76 valence electrons. The van der Waals surface area contributed by atoms with Gasteiger partial charge in [-0.05, 0) is 19.1 Å². The minimum Gasteiger partial charge on any atom is -0.378 e. The van der Waals surface area contributed by atoms with Gasteiger partial charge in [-0.15, -0.1) is 0 Å². The average molecular weight is 203 g/mol. The van der Waals surface area contributed by atoms with Crippen molar-refractivity contribution >= 4 is 18.5 Å². The van der Waals surface area contributed by atoms with Crippen molar-refractivity contribution in [2.75, 3.05) is 18.9 Å². The number of ether oxygens (including phenoxy) is 1. The van der Waals surface area contributed by atoms with Gasteiger partial charge in [0.1, 0.15) is 0 Å². The maximum Gasteiger partial charge on any atom is 0.220 e. The fourth-order valence-electron chi connectivity index (χ4n) is 1.48. The van der Waals surface area contributed by atoms with Crippen molar-refractivity contribution in [3.63, 3.8) is 0 Å². The van der Waals surface area contributed by atoms with Crippen LogP contribution in [0.3, 0.4) is 0 Å². The molecule has 1 N–H and O–H groups in total. The summed E-state index contributed by atoms with van der Waals surface area (Å²) < 4.78 is 5.39. The Bertz CT molecular complexity index is 175. The van der Waals surface area contributed by atoms with Crippen LogP contribution in [0.1, 0.15) is 19.8 Å². The first kappa shape index (κ1) is 10.9. The Labute approximate surface area is 84.6 Å². The Kier molecular flexibility index (Phi) is 4.59. The van der Waals surface area contributed by atoms with Gasteiger partial charge in [0.15, 0.2) is 0 Å². The molecule has 4 heteroatoms. The molecule has 1 heterocycles. The van der Waals surface area contributed by atoms with Gasteiger partial charge in [-0.25, -0.2) is 0 Å². The van der Waals surface area contributed by atoms with E-state index in [1.165, 1.54) is 0 Å². The molecule has 0 bridgehead atoms. The Morgan fingerprint density at radius 3 is 3.00 bits per heavy atom. The fraction of sp³-hybridized carbons (Fsp3) is 0.889. The van der Waals surface area contributed by atoms with Gasteiger partial charge in [-0.1, -0.05) is 0 Å². The zero-order valence-corrected chi connectivity index (χ0v) is 8.85. The minimum atomic E-state index is 0.0918. The van der Waals surface area contributed by atoms with Crippen LogP contribution in [-0.4, -0.2) is 30.9 Å². The molecule has 1 aliphatic heterocycles. The van der Waals surface area contributed by atoms with E-state index in [0.717, 1.165) is 19.6 Å². The summed E-state index contributed by atoms with van der Waals surface area (Å²) >= 11 is 3.99. The predicted molar refractivity (Wildman–Crippen MR) is 55.0 cm³/mol. The van der Waals surface area contributed by atoms with Crippen LogP contribution in [0.2, 0.25) is 0 Å². The molecule has 0 radical (unpaired) electrons. The smallest absolute Gasteiger partial charge is 0.220 e. The molecule has 3 nitrogen and oxygen atoms in total. The van der Waals surface area contributed by atoms with E-state index in [4.69, 9.17) is 4.74 Å². The second-order valence-electron chi connectivity index (χ2n) is 3.40. The van der Waals surface area contributed by atoms with Gasteiger partial charge in [0.2, 0.25) is 5.91 Å². The first-order valence-corrected chi connectivity index (χ1v) is 5.36. The van der Waals surface area contributed by atoms with Crippen LogP contribution < -0.4 is 5.32 Å². The molecular formula is C9H17NO2S. The van der Waals surface area contributed by atoms with Gasteiger partial charge in [0.25, 0.3) is 0 Å². The molecule has 0 spiro atoms. The van der Waals surface area contributed by atoms with E-state index in [9.17, 15) is 4.79 Å². The molecule has 2 atom stereocenters. The van der Waals surface area contributed by atoms with Crippen LogP contribution in [0, 0.1) is 5.92 Å².